The highest BCUT2D eigenvalue weighted by Crippen LogP contribution is 2.29. The van der Waals surface area contributed by atoms with E-state index in [2.05, 4.69) is 4.72 Å². The van der Waals surface area contributed by atoms with Crippen LogP contribution < -0.4 is 4.72 Å². The van der Waals surface area contributed by atoms with Crippen molar-refractivity contribution in [2.45, 2.75) is 10.9 Å². The van der Waals surface area contributed by atoms with Crippen molar-refractivity contribution >= 4 is 23.6 Å². The van der Waals surface area contributed by atoms with Crippen molar-refractivity contribution in [2.75, 3.05) is 0 Å². The zero-order valence-electron chi connectivity index (χ0n) is 10.8. The molecular weight excluding hydrogens is 292 g/mol. The zero-order chi connectivity index (χ0) is 15.2. The Hall–Kier alpha value is -2.38. The molecule has 0 radical (unpaired) electrons. The number of hydrogen-bond donors (Lipinski definition) is 2. The molecule has 0 heterocycles. The van der Waals surface area contributed by atoms with Crippen LogP contribution in [-0.4, -0.2) is 16.0 Å². The lowest BCUT2D eigenvalue weighted by Crippen LogP contribution is -2.23. The molecule has 2 rings (SSSR count). The third-order valence-corrected chi connectivity index (χ3v) is 3.65. The molecule has 2 N–H and O–H groups in total. The number of nitrogens with one attached hydrogen (secondary N) is 1. The van der Waals surface area contributed by atoms with Crippen LogP contribution in [0.1, 0.15) is 11.6 Å². The lowest BCUT2D eigenvalue weighted by Gasteiger charge is -2.13. The molecule has 0 aromatic heterocycles. The molecule has 0 spiro atoms. The first kappa shape index (κ1) is 15.0. The predicted octanol–water partition coefficient (Wildman–Crippen LogP) is 3.02. The molecule has 0 saturated heterocycles. The standard InChI is InChI=1S/C14H12N2O4S/c17-14(18)13(10-6-2-1-3-7-10)15-21-12-9-5-4-8-11(12)16(19)20/h1-9,13,15H,(H,17,18)/t13-/m1/s1. The van der Waals surface area contributed by atoms with Crippen LogP contribution in [0.3, 0.4) is 0 Å². The summed E-state index contributed by atoms with van der Waals surface area (Å²) in [5, 5.41) is 20.2. The molecule has 0 unspecified atom stereocenters. The second-order valence-corrected chi connectivity index (χ2v) is 5.01. The van der Waals surface area contributed by atoms with Crippen molar-refractivity contribution in [1.29, 1.82) is 0 Å². The normalized spacial score (nSPS) is 11.8. The Labute approximate surface area is 125 Å². The zero-order valence-corrected chi connectivity index (χ0v) is 11.6. The van der Waals surface area contributed by atoms with Crippen molar-refractivity contribution in [1.82, 2.24) is 4.72 Å². The van der Waals surface area contributed by atoms with E-state index in [0.717, 1.165) is 11.9 Å². The summed E-state index contributed by atoms with van der Waals surface area (Å²) in [6.07, 6.45) is 0. The number of aliphatic carboxylic acids is 1. The highest BCUT2D eigenvalue weighted by atomic mass is 32.2. The maximum Gasteiger partial charge on any atom is 0.326 e. The predicted molar refractivity (Wildman–Crippen MR) is 78.9 cm³/mol. The van der Waals surface area contributed by atoms with Crippen LogP contribution in [0.5, 0.6) is 0 Å². The molecule has 0 aliphatic carbocycles. The fourth-order valence-corrected chi connectivity index (χ4v) is 2.60. The van der Waals surface area contributed by atoms with Crippen LogP contribution in [0.15, 0.2) is 59.5 Å². The van der Waals surface area contributed by atoms with Crippen LogP contribution in [0.4, 0.5) is 5.69 Å². The van der Waals surface area contributed by atoms with Crippen molar-refractivity contribution < 1.29 is 14.8 Å². The van der Waals surface area contributed by atoms with Crippen LogP contribution in [0.2, 0.25) is 0 Å². The van der Waals surface area contributed by atoms with E-state index in [1.54, 1.807) is 48.5 Å². The summed E-state index contributed by atoms with van der Waals surface area (Å²) < 4.78 is 2.76. The van der Waals surface area contributed by atoms with Gasteiger partial charge in [-0.2, -0.15) is 0 Å². The van der Waals surface area contributed by atoms with Crippen LogP contribution in [0.25, 0.3) is 0 Å². The number of nitro benzene ring substituents is 1. The average Bonchev–Trinajstić information content (AvgIpc) is 2.48. The molecule has 0 saturated carbocycles. The van der Waals surface area contributed by atoms with E-state index in [9.17, 15) is 20.0 Å². The smallest absolute Gasteiger partial charge is 0.326 e. The number of para-hydroxylation sites is 1. The summed E-state index contributed by atoms with van der Waals surface area (Å²) in [5.41, 5.74) is 0.517. The van der Waals surface area contributed by atoms with Gasteiger partial charge in [0.05, 0.1) is 4.92 Å². The summed E-state index contributed by atoms with van der Waals surface area (Å²) in [6, 6.07) is 13.9. The fraction of sp³-hybridized carbons (Fsp3) is 0.0714. The first-order chi connectivity index (χ1) is 10.1. The highest BCUT2D eigenvalue weighted by molar-refractivity contribution is 7.97. The van der Waals surface area contributed by atoms with Gasteiger partial charge in [-0.3, -0.25) is 14.9 Å². The molecule has 0 aliphatic heterocycles. The minimum atomic E-state index is -1.05. The molecule has 6 nitrogen and oxygen atoms in total. The minimum absolute atomic E-state index is 0.0628. The monoisotopic (exact) mass is 304 g/mol. The Morgan fingerprint density at radius 3 is 2.38 bits per heavy atom. The van der Waals surface area contributed by atoms with Crippen molar-refractivity contribution in [2.24, 2.45) is 0 Å². The summed E-state index contributed by atoms with van der Waals surface area (Å²) in [6.45, 7) is 0. The summed E-state index contributed by atoms with van der Waals surface area (Å²) in [5.74, 6) is -1.05. The lowest BCUT2D eigenvalue weighted by molar-refractivity contribution is -0.387. The van der Waals surface area contributed by atoms with Gasteiger partial charge < -0.3 is 5.11 Å². The van der Waals surface area contributed by atoms with E-state index in [4.69, 9.17) is 0 Å². The van der Waals surface area contributed by atoms with Gasteiger partial charge in [0.25, 0.3) is 5.69 Å². The van der Waals surface area contributed by atoms with Gasteiger partial charge in [-0.25, -0.2) is 4.72 Å². The van der Waals surface area contributed by atoms with Gasteiger partial charge in [-0.15, -0.1) is 0 Å². The van der Waals surface area contributed by atoms with Gasteiger partial charge in [0.15, 0.2) is 0 Å². The topological polar surface area (TPSA) is 92.5 Å². The Morgan fingerprint density at radius 1 is 1.14 bits per heavy atom. The van der Waals surface area contributed by atoms with Gasteiger partial charge in [0.2, 0.25) is 0 Å². The second kappa shape index (κ2) is 6.87. The van der Waals surface area contributed by atoms with Gasteiger partial charge in [0, 0.05) is 6.07 Å². The lowest BCUT2D eigenvalue weighted by atomic mass is 10.1. The van der Waals surface area contributed by atoms with Crippen molar-refractivity contribution in [3.8, 4) is 0 Å². The van der Waals surface area contributed by atoms with E-state index in [-0.39, 0.29) is 5.69 Å². The molecule has 0 bridgehead atoms. The molecule has 1 atom stereocenters. The van der Waals surface area contributed by atoms with Gasteiger partial charge in [-0.05, 0) is 23.6 Å². The Morgan fingerprint density at radius 2 is 1.76 bits per heavy atom. The molecule has 21 heavy (non-hydrogen) atoms. The molecular formula is C14H12N2O4S. The van der Waals surface area contributed by atoms with E-state index in [0.29, 0.717) is 10.5 Å². The van der Waals surface area contributed by atoms with Crippen molar-refractivity contribution in [3.05, 3.63) is 70.3 Å². The van der Waals surface area contributed by atoms with E-state index >= 15 is 0 Å². The Bertz CT molecular complexity index is 648. The van der Waals surface area contributed by atoms with Crippen LogP contribution in [-0.2, 0) is 4.79 Å². The van der Waals surface area contributed by atoms with Crippen LogP contribution in [0, 0.1) is 10.1 Å². The number of nitrogens with zero attached hydrogens (tertiary/aromatic N) is 1. The number of hydrogen-bond acceptors (Lipinski definition) is 5. The molecule has 0 fully saturated rings. The first-order valence-electron chi connectivity index (χ1n) is 6.03. The molecule has 7 heteroatoms. The largest absolute Gasteiger partial charge is 0.480 e. The van der Waals surface area contributed by atoms with Gasteiger partial charge in [-0.1, -0.05) is 42.5 Å². The first-order valence-corrected chi connectivity index (χ1v) is 6.85. The second-order valence-electron chi connectivity index (χ2n) is 4.13. The molecule has 0 aliphatic rings. The number of carboxylic acids is 1. The summed E-state index contributed by atoms with van der Waals surface area (Å²) in [4.78, 5) is 22.1. The third-order valence-electron chi connectivity index (χ3n) is 2.73. The van der Waals surface area contributed by atoms with E-state index < -0.39 is 16.9 Å². The minimum Gasteiger partial charge on any atom is -0.480 e. The van der Waals surface area contributed by atoms with Crippen LogP contribution >= 0.6 is 11.9 Å². The van der Waals surface area contributed by atoms with Gasteiger partial charge in [0.1, 0.15) is 10.9 Å². The van der Waals surface area contributed by atoms with Crippen molar-refractivity contribution in [3.63, 3.8) is 0 Å². The Balaban J connectivity index is 2.17. The average molecular weight is 304 g/mol. The third kappa shape index (κ3) is 3.80. The van der Waals surface area contributed by atoms with Gasteiger partial charge >= 0.3 is 5.97 Å². The van der Waals surface area contributed by atoms with E-state index in [1.807, 2.05) is 0 Å². The molecule has 0 amide bonds. The maximum atomic E-state index is 11.3. The number of carboxylic acid groups (broad SMARTS) is 1. The maximum absolute atomic E-state index is 11.3. The number of nitro groups is 1. The highest BCUT2D eigenvalue weighted by Gasteiger charge is 2.21. The number of rotatable bonds is 6. The molecule has 2 aromatic rings. The number of carbonyl (C=O) groups is 1. The molecule has 108 valence electrons. The summed E-state index contributed by atoms with van der Waals surface area (Å²) >= 11 is 0.934. The Kier molecular flexibility index (Phi) is 4.91. The molecule has 2 aromatic carbocycles. The quantitative estimate of drug-likeness (QED) is 0.484. The summed E-state index contributed by atoms with van der Waals surface area (Å²) in [7, 11) is 0. The number of benzene rings is 2. The fourth-order valence-electron chi connectivity index (χ4n) is 1.72. The SMILES string of the molecule is O=C(O)[C@H](NSc1ccccc1[N+](=O)[O-])c1ccccc1. The van der Waals surface area contributed by atoms with E-state index in [1.165, 1.54) is 6.07 Å².